The first-order chi connectivity index (χ1) is 8.70. The van der Waals surface area contributed by atoms with Gasteiger partial charge in [-0.25, -0.2) is 4.79 Å². The van der Waals surface area contributed by atoms with Gasteiger partial charge in [0.05, 0.1) is 10.7 Å². The minimum atomic E-state index is -1.18. The van der Waals surface area contributed by atoms with Crippen molar-refractivity contribution in [2.24, 2.45) is 5.73 Å². The van der Waals surface area contributed by atoms with Gasteiger partial charge in [0.15, 0.2) is 0 Å². The van der Waals surface area contributed by atoms with E-state index in [2.05, 4.69) is 5.32 Å². The molecule has 1 aromatic rings. The highest BCUT2D eigenvalue weighted by Crippen LogP contribution is 2.24. The highest BCUT2D eigenvalue weighted by molar-refractivity contribution is 6.34. The second-order valence-electron chi connectivity index (χ2n) is 5.00. The van der Waals surface area contributed by atoms with Gasteiger partial charge < -0.3 is 16.2 Å². The van der Waals surface area contributed by atoms with Gasteiger partial charge in [0.2, 0.25) is 5.91 Å². The zero-order valence-electron chi connectivity index (χ0n) is 10.9. The fraction of sp³-hybridized carbons (Fsp3) is 0.385. The summed E-state index contributed by atoms with van der Waals surface area (Å²) in [6.07, 6.45) is 0.719. The van der Waals surface area contributed by atoms with Gasteiger partial charge in [-0.15, -0.1) is 0 Å². The Hall–Kier alpha value is -1.59. The Kier molecular flexibility index (Phi) is 4.91. The molecule has 0 atom stereocenters. The third kappa shape index (κ3) is 4.89. The molecule has 0 aliphatic rings. The summed E-state index contributed by atoms with van der Waals surface area (Å²) in [7, 11) is 0. The number of aromatic carboxylic acids is 1. The molecule has 0 fully saturated rings. The highest BCUT2D eigenvalue weighted by Gasteiger charge is 2.17. The molecule has 0 aliphatic carbocycles. The molecule has 0 saturated carbocycles. The number of carboxylic acids is 1. The van der Waals surface area contributed by atoms with Gasteiger partial charge in [0, 0.05) is 12.0 Å². The predicted molar refractivity (Wildman–Crippen MR) is 74.5 cm³/mol. The van der Waals surface area contributed by atoms with Gasteiger partial charge in [-0.1, -0.05) is 17.7 Å². The van der Waals surface area contributed by atoms with Crippen LogP contribution in [0.4, 0.5) is 5.69 Å². The number of carboxylic acid groups (broad SMARTS) is 1. The molecule has 0 heterocycles. The number of nitrogens with two attached hydrogens (primary N) is 1. The lowest BCUT2D eigenvalue weighted by Crippen LogP contribution is -2.33. The molecule has 0 spiro atoms. The van der Waals surface area contributed by atoms with Crippen LogP contribution in [0.3, 0.4) is 0 Å². The molecule has 1 amide bonds. The highest BCUT2D eigenvalue weighted by atomic mass is 35.5. The second kappa shape index (κ2) is 6.04. The summed E-state index contributed by atoms with van der Waals surface area (Å²) in [5.41, 5.74) is 5.43. The molecule has 0 saturated heterocycles. The molecule has 0 aromatic heterocycles. The van der Waals surface area contributed by atoms with E-state index in [1.54, 1.807) is 6.07 Å². The van der Waals surface area contributed by atoms with Crippen LogP contribution in [-0.4, -0.2) is 22.5 Å². The monoisotopic (exact) mass is 284 g/mol. The Bertz CT molecular complexity index is 495. The molecule has 0 bridgehead atoms. The SMILES string of the molecule is CC(C)(N)CCC(=O)Nc1cccc(Cl)c1C(=O)O. The molecule has 4 N–H and O–H groups in total. The molecule has 0 radical (unpaired) electrons. The Morgan fingerprint density at radius 3 is 2.58 bits per heavy atom. The lowest BCUT2D eigenvalue weighted by Gasteiger charge is -2.18. The van der Waals surface area contributed by atoms with E-state index < -0.39 is 11.5 Å². The van der Waals surface area contributed by atoms with Gasteiger partial charge in [0.25, 0.3) is 0 Å². The average molecular weight is 285 g/mol. The maximum atomic E-state index is 11.7. The fourth-order valence-corrected chi connectivity index (χ4v) is 1.75. The number of halogens is 1. The van der Waals surface area contributed by atoms with Gasteiger partial charge in [-0.3, -0.25) is 4.79 Å². The number of carbonyl (C=O) groups is 2. The van der Waals surface area contributed by atoms with E-state index in [1.165, 1.54) is 12.1 Å². The Morgan fingerprint density at radius 1 is 1.42 bits per heavy atom. The van der Waals surface area contributed by atoms with Crippen LogP contribution < -0.4 is 11.1 Å². The van der Waals surface area contributed by atoms with E-state index in [1.807, 2.05) is 13.8 Å². The topological polar surface area (TPSA) is 92.4 Å². The number of amides is 1. The average Bonchev–Trinajstić information content (AvgIpc) is 2.25. The Balaban J connectivity index is 2.80. The number of hydrogen-bond donors (Lipinski definition) is 3. The van der Waals surface area contributed by atoms with E-state index in [4.69, 9.17) is 22.4 Å². The number of nitrogens with one attached hydrogen (secondary N) is 1. The maximum absolute atomic E-state index is 11.7. The largest absolute Gasteiger partial charge is 0.478 e. The number of carbonyl (C=O) groups excluding carboxylic acids is 1. The van der Waals surface area contributed by atoms with Crippen molar-refractivity contribution >= 4 is 29.2 Å². The maximum Gasteiger partial charge on any atom is 0.339 e. The molecule has 6 heteroatoms. The van der Waals surface area contributed by atoms with Crippen LogP contribution in [-0.2, 0) is 4.79 Å². The molecule has 19 heavy (non-hydrogen) atoms. The minimum absolute atomic E-state index is 0.0875. The van der Waals surface area contributed by atoms with Crippen LogP contribution in [0, 0.1) is 0 Å². The lowest BCUT2D eigenvalue weighted by atomic mass is 10.00. The van der Waals surface area contributed by atoms with Crippen molar-refractivity contribution in [3.63, 3.8) is 0 Å². The van der Waals surface area contributed by atoms with Crippen molar-refractivity contribution in [1.82, 2.24) is 0 Å². The molecule has 1 rings (SSSR count). The van der Waals surface area contributed by atoms with Crippen molar-refractivity contribution in [2.75, 3.05) is 5.32 Å². The third-order valence-corrected chi connectivity index (χ3v) is 2.81. The molecule has 1 aromatic carbocycles. The minimum Gasteiger partial charge on any atom is -0.478 e. The molecule has 0 aliphatic heterocycles. The van der Waals surface area contributed by atoms with Gasteiger partial charge in [-0.2, -0.15) is 0 Å². The standard InChI is InChI=1S/C13H17ClN2O3/c1-13(2,15)7-6-10(17)16-9-5-3-4-8(14)11(9)12(18)19/h3-5H,6-7,15H2,1-2H3,(H,16,17)(H,18,19). The van der Waals surface area contributed by atoms with E-state index in [0.29, 0.717) is 6.42 Å². The zero-order valence-corrected chi connectivity index (χ0v) is 11.6. The van der Waals surface area contributed by atoms with Crippen LogP contribution in [0.15, 0.2) is 18.2 Å². The number of rotatable bonds is 5. The summed E-state index contributed by atoms with van der Waals surface area (Å²) in [4.78, 5) is 22.8. The molecule has 104 valence electrons. The first-order valence-electron chi connectivity index (χ1n) is 5.81. The molecule has 0 unspecified atom stereocenters. The summed E-state index contributed by atoms with van der Waals surface area (Å²) in [6, 6.07) is 4.54. The van der Waals surface area contributed by atoms with Crippen molar-refractivity contribution in [3.05, 3.63) is 28.8 Å². The second-order valence-corrected chi connectivity index (χ2v) is 5.41. The summed E-state index contributed by atoms with van der Waals surface area (Å²) in [5, 5.41) is 11.7. The summed E-state index contributed by atoms with van der Waals surface area (Å²) >= 11 is 5.81. The van der Waals surface area contributed by atoms with E-state index in [9.17, 15) is 9.59 Å². The quantitative estimate of drug-likeness (QED) is 0.774. The van der Waals surface area contributed by atoms with Crippen molar-refractivity contribution in [3.8, 4) is 0 Å². The van der Waals surface area contributed by atoms with Crippen LogP contribution in [0.5, 0.6) is 0 Å². The van der Waals surface area contributed by atoms with Crippen LogP contribution in [0.2, 0.25) is 5.02 Å². The van der Waals surface area contributed by atoms with E-state index >= 15 is 0 Å². The predicted octanol–water partition coefficient (Wildman–Crippen LogP) is 2.49. The van der Waals surface area contributed by atoms with Gasteiger partial charge in [-0.05, 0) is 32.4 Å². The summed E-state index contributed by atoms with van der Waals surface area (Å²) < 4.78 is 0. The van der Waals surface area contributed by atoms with E-state index in [0.717, 1.165) is 0 Å². The van der Waals surface area contributed by atoms with Crippen molar-refractivity contribution in [2.45, 2.75) is 32.2 Å². The number of hydrogen-bond acceptors (Lipinski definition) is 3. The molecular formula is C13H17ClN2O3. The first kappa shape index (κ1) is 15.5. The summed E-state index contributed by atoms with van der Waals surface area (Å²) in [6.45, 7) is 3.64. The Morgan fingerprint density at radius 2 is 2.05 bits per heavy atom. The zero-order chi connectivity index (χ0) is 14.6. The van der Waals surface area contributed by atoms with Gasteiger partial charge >= 0.3 is 5.97 Å². The van der Waals surface area contributed by atoms with Crippen LogP contribution in [0.25, 0.3) is 0 Å². The first-order valence-corrected chi connectivity index (χ1v) is 6.19. The van der Waals surface area contributed by atoms with Crippen LogP contribution in [0.1, 0.15) is 37.0 Å². The normalized spacial score (nSPS) is 11.2. The van der Waals surface area contributed by atoms with Crippen molar-refractivity contribution in [1.29, 1.82) is 0 Å². The molecular weight excluding hydrogens is 268 g/mol. The van der Waals surface area contributed by atoms with Crippen LogP contribution >= 0.6 is 11.6 Å². The van der Waals surface area contributed by atoms with Crippen molar-refractivity contribution < 1.29 is 14.7 Å². The third-order valence-electron chi connectivity index (χ3n) is 2.50. The smallest absolute Gasteiger partial charge is 0.339 e. The summed E-state index contributed by atoms with van der Waals surface area (Å²) in [5.74, 6) is -1.47. The fourth-order valence-electron chi connectivity index (χ4n) is 1.49. The number of benzene rings is 1. The van der Waals surface area contributed by atoms with Gasteiger partial charge in [0.1, 0.15) is 5.56 Å². The van der Waals surface area contributed by atoms with E-state index in [-0.39, 0.29) is 28.6 Å². The number of anilines is 1. The Labute approximate surface area is 116 Å². The molecule has 5 nitrogen and oxygen atoms in total. The lowest BCUT2D eigenvalue weighted by molar-refractivity contribution is -0.116.